The third kappa shape index (κ3) is 3.23. The van der Waals surface area contributed by atoms with Crippen LogP contribution in [0.1, 0.15) is 29.3 Å². The van der Waals surface area contributed by atoms with Gasteiger partial charge in [-0.25, -0.2) is 0 Å². The first-order valence-electron chi connectivity index (χ1n) is 6.54. The third-order valence-electron chi connectivity index (χ3n) is 3.03. The molecule has 1 amide bonds. The van der Waals surface area contributed by atoms with Crippen LogP contribution in [0.5, 0.6) is 0 Å². The van der Waals surface area contributed by atoms with Gasteiger partial charge in [0, 0.05) is 37.6 Å². The van der Waals surface area contributed by atoms with Crippen molar-refractivity contribution in [2.24, 2.45) is 0 Å². The van der Waals surface area contributed by atoms with Crippen LogP contribution in [0, 0.1) is 0 Å². The molecule has 0 aromatic heterocycles. The maximum atomic E-state index is 11.9. The molecule has 1 aliphatic rings. The van der Waals surface area contributed by atoms with E-state index in [1.807, 2.05) is 25.1 Å². The largest absolute Gasteiger partial charge is 0.384 e. The van der Waals surface area contributed by atoms with Crippen molar-refractivity contribution in [1.29, 1.82) is 0 Å². The van der Waals surface area contributed by atoms with Gasteiger partial charge in [-0.3, -0.25) is 4.79 Å². The molecule has 0 radical (unpaired) electrons. The highest BCUT2D eigenvalue weighted by atomic mass is 16.5. The summed E-state index contributed by atoms with van der Waals surface area (Å²) < 4.78 is 5.22. The van der Waals surface area contributed by atoms with E-state index in [9.17, 15) is 4.79 Å². The molecule has 98 valence electrons. The number of hydrogen-bond acceptors (Lipinski definition) is 3. The van der Waals surface area contributed by atoms with E-state index in [-0.39, 0.29) is 5.91 Å². The summed E-state index contributed by atoms with van der Waals surface area (Å²) in [5, 5.41) is 6.19. The van der Waals surface area contributed by atoms with Crippen LogP contribution >= 0.6 is 0 Å². The van der Waals surface area contributed by atoms with Crippen LogP contribution in [0.2, 0.25) is 0 Å². The van der Waals surface area contributed by atoms with E-state index in [1.54, 1.807) is 0 Å². The number of ether oxygens (including phenoxy) is 1. The lowest BCUT2D eigenvalue weighted by atomic mass is 10.1. The second-order valence-corrected chi connectivity index (χ2v) is 4.36. The van der Waals surface area contributed by atoms with E-state index in [0.29, 0.717) is 13.2 Å². The topological polar surface area (TPSA) is 50.4 Å². The van der Waals surface area contributed by atoms with E-state index in [0.717, 1.165) is 37.2 Å². The Balaban J connectivity index is 1.82. The van der Waals surface area contributed by atoms with Gasteiger partial charge in [0.25, 0.3) is 5.91 Å². The zero-order valence-corrected chi connectivity index (χ0v) is 10.8. The Labute approximate surface area is 108 Å². The quantitative estimate of drug-likeness (QED) is 0.755. The minimum atomic E-state index is 0.00111. The summed E-state index contributed by atoms with van der Waals surface area (Å²) in [4.78, 5) is 11.9. The lowest BCUT2D eigenvalue weighted by Gasteiger charge is -2.07. The minimum Gasteiger partial charge on any atom is -0.384 e. The van der Waals surface area contributed by atoms with Crippen molar-refractivity contribution in [3.05, 3.63) is 29.3 Å². The van der Waals surface area contributed by atoms with E-state index >= 15 is 0 Å². The molecule has 0 saturated carbocycles. The summed E-state index contributed by atoms with van der Waals surface area (Å²) in [6.07, 6.45) is 1.85. The van der Waals surface area contributed by atoms with Gasteiger partial charge in [-0.05, 0) is 43.5 Å². The average molecular weight is 248 g/mol. The number of fused-ring (bicyclic) bond motifs is 1. The molecule has 1 aliphatic heterocycles. The molecule has 0 saturated heterocycles. The molecule has 4 nitrogen and oxygen atoms in total. The fraction of sp³-hybridized carbons (Fsp3) is 0.500. The molecule has 0 bridgehead atoms. The van der Waals surface area contributed by atoms with Gasteiger partial charge in [0.2, 0.25) is 0 Å². The number of hydrogen-bond donors (Lipinski definition) is 2. The highest BCUT2D eigenvalue weighted by Gasteiger charge is 2.12. The second-order valence-electron chi connectivity index (χ2n) is 4.36. The molecule has 4 heteroatoms. The van der Waals surface area contributed by atoms with Gasteiger partial charge in [-0.15, -0.1) is 0 Å². The normalized spacial score (nSPS) is 12.9. The lowest BCUT2D eigenvalue weighted by Crippen LogP contribution is -2.25. The Morgan fingerprint density at radius 3 is 3.22 bits per heavy atom. The molecule has 2 rings (SSSR count). The predicted octanol–water partition coefficient (Wildman–Crippen LogP) is 1.81. The summed E-state index contributed by atoms with van der Waals surface area (Å²) in [6.45, 7) is 5.02. The number of amides is 1. The van der Waals surface area contributed by atoms with E-state index in [4.69, 9.17) is 4.74 Å². The number of anilines is 1. The molecule has 1 aromatic rings. The average Bonchev–Trinajstić information content (AvgIpc) is 2.85. The van der Waals surface area contributed by atoms with Gasteiger partial charge >= 0.3 is 0 Å². The first-order chi connectivity index (χ1) is 8.81. The standard InChI is InChI=1S/C14H20N2O2/c1-2-18-9-3-7-16-14(17)12-4-5-13-11(10-12)6-8-15-13/h4-5,10,15H,2-3,6-9H2,1H3,(H,16,17). The number of nitrogens with one attached hydrogen (secondary N) is 2. The summed E-state index contributed by atoms with van der Waals surface area (Å²) in [7, 11) is 0. The molecule has 0 unspecified atom stereocenters. The zero-order chi connectivity index (χ0) is 12.8. The van der Waals surface area contributed by atoms with Gasteiger partial charge < -0.3 is 15.4 Å². The highest BCUT2D eigenvalue weighted by molar-refractivity contribution is 5.95. The van der Waals surface area contributed by atoms with Crippen molar-refractivity contribution >= 4 is 11.6 Å². The van der Waals surface area contributed by atoms with Crippen LogP contribution < -0.4 is 10.6 Å². The van der Waals surface area contributed by atoms with Crippen molar-refractivity contribution in [2.45, 2.75) is 19.8 Å². The van der Waals surface area contributed by atoms with Gasteiger partial charge in [-0.2, -0.15) is 0 Å². The van der Waals surface area contributed by atoms with E-state index < -0.39 is 0 Å². The molecular formula is C14H20N2O2. The van der Waals surface area contributed by atoms with Crippen molar-refractivity contribution in [1.82, 2.24) is 5.32 Å². The maximum absolute atomic E-state index is 11.9. The summed E-state index contributed by atoms with van der Waals surface area (Å²) >= 11 is 0. The number of rotatable bonds is 6. The molecule has 0 atom stereocenters. The molecule has 1 aromatic carbocycles. The fourth-order valence-electron chi connectivity index (χ4n) is 2.07. The maximum Gasteiger partial charge on any atom is 0.251 e. The van der Waals surface area contributed by atoms with Crippen molar-refractivity contribution in [3.8, 4) is 0 Å². The lowest BCUT2D eigenvalue weighted by molar-refractivity contribution is 0.0944. The fourth-order valence-corrected chi connectivity index (χ4v) is 2.07. The summed E-state index contributed by atoms with van der Waals surface area (Å²) in [6, 6.07) is 5.83. The Morgan fingerprint density at radius 2 is 2.39 bits per heavy atom. The Hall–Kier alpha value is -1.55. The van der Waals surface area contributed by atoms with Gasteiger partial charge in [0.05, 0.1) is 0 Å². The Morgan fingerprint density at radius 1 is 1.50 bits per heavy atom. The summed E-state index contributed by atoms with van der Waals surface area (Å²) in [5.74, 6) is 0.00111. The number of carbonyl (C=O) groups is 1. The van der Waals surface area contributed by atoms with Crippen molar-refractivity contribution in [2.75, 3.05) is 31.6 Å². The van der Waals surface area contributed by atoms with Crippen LogP contribution in [-0.2, 0) is 11.2 Å². The monoisotopic (exact) mass is 248 g/mol. The molecule has 0 aliphatic carbocycles. The predicted molar refractivity (Wildman–Crippen MR) is 72.1 cm³/mol. The molecule has 1 heterocycles. The molecule has 0 fully saturated rings. The molecule has 2 N–H and O–H groups in total. The Kier molecular flexibility index (Phi) is 4.59. The van der Waals surface area contributed by atoms with Crippen LogP contribution in [0.4, 0.5) is 5.69 Å². The third-order valence-corrected chi connectivity index (χ3v) is 3.03. The van der Waals surface area contributed by atoms with Crippen LogP contribution in [0.15, 0.2) is 18.2 Å². The van der Waals surface area contributed by atoms with Gasteiger partial charge in [0.15, 0.2) is 0 Å². The van der Waals surface area contributed by atoms with Crippen LogP contribution in [-0.4, -0.2) is 32.2 Å². The van der Waals surface area contributed by atoms with Crippen LogP contribution in [0.3, 0.4) is 0 Å². The zero-order valence-electron chi connectivity index (χ0n) is 10.8. The SMILES string of the molecule is CCOCCCNC(=O)c1ccc2c(c1)CCN2. The number of benzene rings is 1. The Bertz CT molecular complexity index is 418. The van der Waals surface area contributed by atoms with E-state index in [1.165, 1.54) is 5.56 Å². The van der Waals surface area contributed by atoms with Crippen molar-refractivity contribution < 1.29 is 9.53 Å². The van der Waals surface area contributed by atoms with Gasteiger partial charge in [-0.1, -0.05) is 0 Å². The van der Waals surface area contributed by atoms with E-state index in [2.05, 4.69) is 10.6 Å². The summed E-state index contributed by atoms with van der Waals surface area (Å²) in [5.41, 5.74) is 3.13. The molecule has 18 heavy (non-hydrogen) atoms. The molecule has 0 spiro atoms. The van der Waals surface area contributed by atoms with Crippen molar-refractivity contribution in [3.63, 3.8) is 0 Å². The second kappa shape index (κ2) is 6.40. The minimum absolute atomic E-state index is 0.00111. The van der Waals surface area contributed by atoms with Crippen LogP contribution in [0.25, 0.3) is 0 Å². The van der Waals surface area contributed by atoms with Gasteiger partial charge in [0.1, 0.15) is 0 Å². The smallest absolute Gasteiger partial charge is 0.251 e. The first kappa shape index (κ1) is 12.9. The highest BCUT2D eigenvalue weighted by Crippen LogP contribution is 2.22. The first-order valence-corrected chi connectivity index (χ1v) is 6.54. The number of carbonyl (C=O) groups excluding carboxylic acids is 1. The molecular weight excluding hydrogens is 228 g/mol.